The number of nitrogens with one attached hydrogen (secondary N) is 1. The minimum Gasteiger partial charge on any atom is -0.334 e. The number of nitro groups is 1. The number of fused-ring (bicyclic) bond motifs is 1. The van der Waals surface area contributed by atoms with Crippen molar-refractivity contribution in [1.82, 2.24) is 25.0 Å². The zero-order chi connectivity index (χ0) is 20.6. The molecule has 12 heteroatoms. The van der Waals surface area contributed by atoms with E-state index in [9.17, 15) is 23.3 Å². The lowest BCUT2D eigenvalue weighted by molar-refractivity contribution is -0.384. The van der Waals surface area contributed by atoms with Crippen molar-refractivity contribution >= 4 is 28.2 Å². The van der Waals surface area contributed by atoms with Crippen molar-refractivity contribution in [3.8, 4) is 5.82 Å². The molecule has 0 unspecified atom stereocenters. The monoisotopic (exact) mass is 401 g/mol. The van der Waals surface area contributed by atoms with Gasteiger partial charge in [0, 0.05) is 0 Å². The van der Waals surface area contributed by atoms with Crippen LogP contribution < -0.4 is 5.32 Å². The van der Waals surface area contributed by atoms with Gasteiger partial charge in [0.25, 0.3) is 0 Å². The minimum atomic E-state index is -4.66. The maximum absolute atomic E-state index is 13.3. The number of alkyl halides is 3. The number of hydrogen-bond acceptors (Lipinski definition) is 7. The molecule has 0 spiro atoms. The Morgan fingerprint density at radius 1 is 1.03 bits per heavy atom. The van der Waals surface area contributed by atoms with Gasteiger partial charge in [0.05, 0.1) is 21.7 Å². The highest BCUT2D eigenvalue weighted by Gasteiger charge is 2.34. The van der Waals surface area contributed by atoms with Crippen LogP contribution in [0.4, 0.5) is 30.4 Å². The third-order valence-electron chi connectivity index (χ3n) is 4.02. The van der Waals surface area contributed by atoms with Crippen molar-refractivity contribution in [2.75, 3.05) is 5.32 Å². The number of nitrogens with zero attached hydrogens (tertiary/aromatic N) is 6. The molecule has 0 amide bonds. The lowest BCUT2D eigenvalue weighted by atomic mass is 10.1. The smallest absolute Gasteiger partial charge is 0.334 e. The molecule has 0 saturated carbocycles. The van der Waals surface area contributed by atoms with E-state index in [4.69, 9.17) is 0 Å². The van der Waals surface area contributed by atoms with Gasteiger partial charge in [-0.2, -0.15) is 17.9 Å². The lowest BCUT2D eigenvalue weighted by Crippen LogP contribution is -2.12. The SMILES string of the molecule is O=[N+]([O-])c1c(Nc2ccccc2C(F)(F)F)ncnc1-n1nnc2ccccc21. The Bertz CT molecular complexity index is 1220. The van der Waals surface area contributed by atoms with Crippen LogP contribution in [-0.2, 0) is 6.18 Å². The first-order valence-corrected chi connectivity index (χ1v) is 8.09. The Balaban J connectivity index is 1.87. The Labute approximate surface area is 160 Å². The largest absolute Gasteiger partial charge is 0.418 e. The molecule has 29 heavy (non-hydrogen) atoms. The van der Waals surface area contributed by atoms with E-state index in [1.165, 1.54) is 12.1 Å². The van der Waals surface area contributed by atoms with Crippen LogP contribution in [0.15, 0.2) is 54.9 Å². The molecule has 4 aromatic rings. The Kier molecular flexibility index (Phi) is 4.30. The standard InChI is InChI=1S/C17H10F3N7O2/c18-17(19,20)10-5-1-2-6-11(10)23-15-14(27(28)29)16(22-9-21-15)26-13-8-4-3-7-12(13)24-25-26/h1-9H,(H,21,22,23). The van der Waals surface area contributed by atoms with Crippen LogP contribution in [-0.4, -0.2) is 29.9 Å². The van der Waals surface area contributed by atoms with E-state index < -0.39 is 28.2 Å². The van der Waals surface area contributed by atoms with Gasteiger partial charge in [0.15, 0.2) is 0 Å². The summed E-state index contributed by atoms with van der Waals surface area (Å²) in [5.41, 5.74) is -1.09. The van der Waals surface area contributed by atoms with Gasteiger partial charge in [0.2, 0.25) is 11.6 Å². The van der Waals surface area contributed by atoms with Crippen molar-refractivity contribution in [2.24, 2.45) is 0 Å². The van der Waals surface area contributed by atoms with Crippen LogP contribution in [0, 0.1) is 10.1 Å². The zero-order valence-electron chi connectivity index (χ0n) is 14.3. The molecule has 0 bridgehead atoms. The predicted molar refractivity (Wildman–Crippen MR) is 95.8 cm³/mol. The molecule has 9 nitrogen and oxygen atoms in total. The maximum atomic E-state index is 13.3. The summed E-state index contributed by atoms with van der Waals surface area (Å²) in [4.78, 5) is 18.6. The van der Waals surface area contributed by atoms with Crippen molar-refractivity contribution < 1.29 is 18.1 Å². The Morgan fingerprint density at radius 3 is 2.52 bits per heavy atom. The quantitative estimate of drug-likeness (QED) is 0.408. The summed E-state index contributed by atoms with van der Waals surface area (Å²) in [5, 5.41) is 21.9. The number of benzene rings is 2. The summed E-state index contributed by atoms with van der Waals surface area (Å²) >= 11 is 0. The summed E-state index contributed by atoms with van der Waals surface area (Å²) in [6, 6.07) is 11.3. The fraction of sp³-hybridized carbons (Fsp3) is 0.0588. The third-order valence-corrected chi connectivity index (χ3v) is 4.02. The molecular weight excluding hydrogens is 391 g/mol. The van der Waals surface area contributed by atoms with E-state index in [0.717, 1.165) is 23.1 Å². The second kappa shape index (κ2) is 6.82. The molecule has 2 aromatic carbocycles. The highest BCUT2D eigenvalue weighted by Crippen LogP contribution is 2.38. The first-order chi connectivity index (χ1) is 13.9. The fourth-order valence-corrected chi connectivity index (χ4v) is 2.78. The molecule has 4 rings (SSSR count). The van der Waals surface area contributed by atoms with Gasteiger partial charge in [-0.25, -0.2) is 9.97 Å². The van der Waals surface area contributed by atoms with E-state index in [1.807, 2.05) is 0 Å². The van der Waals surface area contributed by atoms with E-state index >= 15 is 0 Å². The van der Waals surface area contributed by atoms with Crippen LogP contribution in [0.25, 0.3) is 16.9 Å². The molecule has 0 aliphatic heterocycles. The van der Waals surface area contributed by atoms with E-state index in [1.54, 1.807) is 24.3 Å². The number of para-hydroxylation sites is 2. The molecule has 146 valence electrons. The second-order valence-electron chi connectivity index (χ2n) is 5.81. The normalized spacial score (nSPS) is 11.6. The fourth-order valence-electron chi connectivity index (χ4n) is 2.78. The highest BCUT2D eigenvalue weighted by atomic mass is 19.4. The summed E-state index contributed by atoms with van der Waals surface area (Å²) in [7, 11) is 0. The average molecular weight is 401 g/mol. The molecular formula is C17H10F3N7O2. The molecule has 0 aliphatic rings. The van der Waals surface area contributed by atoms with E-state index in [2.05, 4.69) is 25.6 Å². The van der Waals surface area contributed by atoms with Crippen LogP contribution >= 0.6 is 0 Å². The molecule has 0 atom stereocenters. The highest BCUT2D eigenvalue weighted by molar-refractivity contribution is 5.78. The van der Waals surface area contributed by atoms with Crippen molar-refractivity contribution in [3.05, 3.63) is 70.5 Å². The molecule has 2 aromatic heterocycles. The van der Waals surface area contributed by atoms with Gasteiger partial charge in [0.1, 0.15) is 11.8 Å². The molecule has 0 fully saturated rings. The maximum Gasteiger partial charge on any atom is 0.418 e. The van der Waals surface area contributed by atoms with Crippen LogP contribution in [0.3, 0.4) is 0 Å². The summed E-state index contributed by atoms with van der Waals surface area (Å²) in [5.74, 6) is -0.637. The molecule has 2 heterocycles. The zero-order valence-corrected chi connectivity index (χ0v) is 14.3. The van der Waals surface area contributed by atoms with Crippen molar-refractivity contribution in [2.45, 2.75) is 6.18 Å². The van der Waals surface area contributed by atoms with Gasteiger partial charge < -0.3 is 5.32 Å². The Morgan fingerprint density at radius 2 is 1.76 bits per heavy atom. The summed E-state index contributed by atoms with van der Waals surface area (Å²) in [6.07, 6.45) is -3.66. The van der Waals surface area contributed by atoms with Crippen LogP contribution in [0.5, 0.6) is 0 Å². The predicted octanol–water partition coefficient (Wildman–Crippen LogP) is 3.88. The van der Waals surface area contributed by atoms with Gasteiger partial charge in [-0.3, -0.25) is 10.1 Å². The van der Waals surface area contributed by atoms with Gasteiger partial charge in [-0.05, 0) is 24.3 Å². The lowest BCUT2D eigenvalue weighted by Gasteiger charge is -2.14. The number of rotatable bonds is 4. The summed E-state index contributed by atoms with van der Waals surface area (Å²) < 4.78 is 40.9. The average Bonchev–Trinajstić information content (AvgIpc) is 3.11. The van der Waals surface area contributed by atoms with Gasteiger partial charge >= 0.3 is 11.9 Å². The van der Waals surface area contributed by atoms with Gasteiger partial charge in [-0.1, -0.05) is 29.5 Å². The van der Waals surface area contributed by atoms with Crippen LogP contribution in [0.2, 0.25) is 0 Å². The van der Waals surface area contributed by atoms with E-state index in [-0.39, 0.29) is 11.5 Å². The van der Waals surface area contributed by atoms with E-state index in [0.29, 0.717) is 11.0 Å². The molecule has 0 radical (unpaired) electrons. The number of hydrogen-bond donors (Lipinski definition) is 1. The minimum absolute atomic E-state index is 0.231. The molecule has 1 N–H and O–H groups in total. The first kappa shape index (κ1) is 18.3. The third kappa shape index (κ3) is 3.31. The van der Waals surface area contributed by atoms with Crippen LogP contribution in [0.1, 0.15) is 5.56 Å². The number of halogens is 3. The Hall–Kier alpha value is -4.09. The number of aromatic nitrogens is 5. The summed E-state index contributed by atoms with van der Waals surface area (Å²) in [6.45, 7) is 0. The van der Waals surface area contributed by atoms with Crippen molar-refractivity contribution in [1.29, 1.82) is 0 Å². The first-order valence-electron chi connectivity index (χ1n) is 8.09. The molecule has 0 saturated heterocycles. The van der Waals surface area contributed by atoms with Crippen molar-refractivity contribution in [3.63, 3.8) is 0 Å². The van der Waals surface area contributed by atoms with Gasteiger partial charge in [-0.15, -0.1) is 5.10 Å². The topological polar surface area (TPSA) is 112 Å². The number of anilines is 2. The second-order valence-corrected chi connectivity index (χ2v) is 5.81. The molecule has 0 aliphatic carbocycles.